The fourth-order valence-corrected chi connectivity index (χ4v) is 6.32. The second kappa shape index (κ2) is 12.9. The number of thioether (sulfide) groups is 1. The van der Waals surface area contributed by atoms with Gasteiger partial charge in [0.05, 0.1) is 19.1 Å². The second-order valence-electron chi connectivity index (χ2n) is 8.58. The normalized spacial score (nSPS) is 12.3. The maximum Gasteiger partial charge on any atom is 0.333 e. The van der Waals surface area contributed by atoms with Crippen LogP contribution in [-0.2, 0) is 33.9 Å². The van der Waals surface area contributed by atoms with Gasteiger partial charge >= 0.3 is 17.9 Å². The minimum atomic E-state index is -4.11. The highest BCUT2D eigenvalue weighted by Crippen LogP contribution is 2.42. The van der Waals surface area contributed by atoms with Crippen LogP contribution in [0.5, 0.6) is 5.75 Å². The minimum Gasteiger partial charge on any atom is -0.468 e. The van der Waals surface area contributed by atoms with Gasteiger partial charge in [0.25, 0.3) is 0 Å². The Balaban J connectivity index is 2.13. The van der Waals surface area contributed by atoms with Crippen molar-refractivity contribution in [2.45, 2.75) is 40.8 Å². The molecule has 3 rings (SSSR count). The molecule has 1 N–H and O–H groups in total. The lowest BCUT2D eigenvalue weighted by molar-refractivity contribution is -0.156. The first-order valence-corrected chi connectivity index (χ1v) is 14.1. The van der Waals surface area contributed by atoms with E-state index in [1.54, 1.807) is 54.6 Å². The van der Waals surface area contributed by atoms with Crippen molar-refractivity contribution in [1.29, 1.82) is 0 Å². The smallest absolute Gasteiger partial charge is 0.333 e. The van der Waals surface area contributed by atoms with Gasteiger partial charge in [-0.3, -0.25) is 4.79 Å². The summed E-state index contributed by atoms with van der Waals surface area (Å²) in [5, 5.41) is 0. The van der Waals surface area contributed by atoms with Crippen molar-refractivity contribution >= 4 is 39.7 Å². The Hall–Kier alpha value is -3.67. The van der Waals surface area contributed by atoms with Crippen LogP contribution >= 0.6 is 11.8 Å². The summed E-state index contributed by atoms with van der Waals surface area (Å²) in [6.45, 7) is 3.09. The number of nitrogens with one attached hydrogen (secondary N) is 1. The van der Waals surface area contributed by atoms with Crippen molar-refractivity contribution in [3.8, 4) is 5.75 Å². The number of ether oxygens (including phenoxy) is 3. The number of hydrogen-bond acceptors (Lipinski definition) is 9. The zero-order valence-corrected chi connectivity index (χ0v) is 23.5. The van der Waals surface area contributed by atoms with Crippen LogP contribution in [0.4, 0.5) is 0 Å². The van der Waals surface area contributed by atoms with Crippen LogP contribution in [-0.4, -0.2) is 45.3 Å². The lowest BCUT2D eigenvalue weighted by atomic mass is 9.94. The molecule has 0 spiro atoms. The zero-order valence-electron chi connectivity index (χ0n) is 21.9. The van der Waals surface area contributed by atoms with E-state index in [1.165, 1.54) is 31.2 Å². The lowest BCUT2D eigenvalue weighted by Gasteiger charge is -2.32. The Kier molecular flexibility index (Phi) is 9.90. The molecule has 1 unspecified atom stereocenters. The van der Waals surface area contributed by atoms with E-state index >= 15 is 0 Å². The van der Waals surface area contributed by atoms with Crippen molar-refractivity contribution < 1.29 is 37.0 Å². The first kappa shape index (κ1) is 29.9. The van der Waals surface area contributed by atoms with Crippen LogP contribution < -0.4 is 9.46 Å². The molecule has 0 bridgehead atoms. The summed E-state index contributed by atoms with van der Waals surface area (Å²) in [6.07, 6.45) is -0.357. The Morgan fingerprint density at radius 1 is 0.872 bits per heavy atom. The summed E-state index contributed by atoms with van der Waals surface area (Å²) in [5.41, 5.74) is 1.29. The molecule has 11 heteroatoms. The molecule has 0 aliphatic heterocycles. The van der Waals surface area contributed by atoms with E-state index in [-0.39, 0.29) is 17.1 Å². The molecule has 206 valence electrons. The molecule has 0 saturated carbocycles. The summed E-state index contributed by atoms with van der Waals surface area (Å²) < 4.78 is 42.7. The van der Waals surface area contributed by atoms with E-state index in [9.17, 15) is 22.8 Å². The topological polar surface area (TPSA) is 125 Å². The van der Waals surface area contributed by atoms with Crippen molar-refractivity contribution in [3.05, 3.63) is 90.0 Å². The molecular weight excluding hydrogens is 542 g/mol. The molecule has 1 atom stereocenters. The van der Waals surface area contributed by atoms with E-state index in [0.29, 0.717) is 10.5 Å². The number of sulfonamides is 1. The summed E-state index contributed by atoms with van der Waals surface area (Å²) in [6, 6.07) is 19.9. The molecule has 3 aromatic rings. The molecule has 9 nitrogen and oxygen atoms in total. The number of carbonyl (C=O) groups excluding carboxylic acids is 3. The lowest BCUT2D eigenvalue weighted by Crippen LogP contribution is -2.48. The predicted octanol–water partition coefficient (Wildman–Crippen LogP) is 4.21. The fraction of sp³-hybridized carbons (Fsp3) is 0.250. The summed E-state index contributed by atoms with van der Waals surface area (Å²) in [7, 11) is -1.82. The Bertz CT molecular complexity index is 1390. The van der Waals surface area contributed by atoms with Crippen LogP contribution in [0.15, 0.2) is 88.7 Å². The van der Waals surface area contributed by atoms with Crippen molar-refractivity contribution in [3.63, 3.8) is 0 Å². The molecule has 0 saturated heterocycles. The van der Waals surface area contributed by atoms with Crippen LogP contribution in [0.25, 0.3) is 0 Å². The molecule has 0 amide bonds. The third-order valence-corrected chi connectivity index (χ3v) is 8.57. The molecule has 0 heterocycles. The van der Waals surface area contributed by atoms with E-state index in [1.807, 2.05) is 6.92 Å². The first-order valence-electron chi connectivity index (χ1n) is 11.8. The number of carbonyl (C=O) groups is 3. The van der Waals surface area contributed by atoms with E-state index in [0.717, 1.165) is 31.5 Å². The highest BCUT2D eigenvalue weighted by Gasteiger charge is 2.52. The Morgan fingerprint density at radius 3 is 1.95 bits per heavy atom. The minimum absolute atomic E-state index is 0.00656. The Morgan fingerprint density at radius 2 is 1.44 bits per heavy atom. The molecule has 0 aromatic heterocycles. The molecule has 3 aromatic carbocycles. The molecule has 0 aliphatic carbocycles. The third kappa shape index (κ3) is 7.47. The van der Waals surface area contributed by atoms with Crippen molar-refractivity contribution in [2.24, 2.45) is 0 Å². The number of aryl methyl sites for hydroxylation is 1. The summed E-state index contributed by atoms with van der Waals surface area (Å²) >= 11 is 0.907. The first-order chi connectivity index (χ1) is 18.5. The van der Waals surface area contributed by atoms with Gasteiger partial charge in [0.1, 0.15) is 5.75 Å². The molecule has 39 heavy (non-hydrogen) atoms. The second-order valence-corrected chi connectivity index (χ2v) is 11.7. The summed E-state index contributed by atoms with van der Waals surface area (Å²) in [5.74, 6) is -2.08. The van der Waals surface area contributed by atoms with E-state index in [4.69, 9.17) is 14.2 Å². The van der Waals surface area contributed by atoms with Crippen molar-refractivity contribution in [1.82, 2.24) is 4.72 Å². The molecule has 0 aliphatic rings. The quantitative estimate of drug-likeness (QED) is 0.156. The molecular formula is C28H29NO8S2. The van der Waals surface area contributed by atoms with Gasteiger partial charge < -0.3 is 14.2 Å². The number of benzene rings is 3. The van der Waals surface area contributed by atoms with Gasteiger partial charge in [-0.2, -0.15) is 0 Å². The maximum atomic E-state index is 13.4. The molecule has 0 fully saturated rings. The monoisotopic (exact) mass is 571 g/mol. The van der Waals surface area contributed by atoms with Crippen LogP contribution in [0.3, 0.4) is 0 Å². The van der Waals surface area contributed by atoms with Gasteiger partial charge in [-0.25, -0.2) is 22.7 Å². The van der Waals surface area contributed by atoms with Crippen molar-refractivity contribution in [2.75, 3.05) is 14.2 Å². The van der Waals surface area contributed by atoms with E-state index < -0.39 is 38.7 Å². The number of rotatable bonds is 11. The summed E-state index contributed by atoms with van der Waals surface area (Å²) in [4.78, 5) is 38.5. The van der Waals surface area contributed by atoms with Gasteiger partial charge in [0.15, 0.2) is 0 Å². The van der Waals surface area contributed by atoms with Gasteiger partial charge in [0.2, 0.25) is 14.8 Å². The van der Waals surface area contributed by atoms with Gasteiger partial charge in [-0.1, -0.05) is 59.8 Å². The standard InChI is InChI=1S/C28H29NO8S2/c1-19-10-16-24(17-11-19)39(33,34)29-25(21-12-14-22(15-13-21)37-20(2)30)18-28(26(31)35-3,27(32)36-4)38-23-8-6-5-7-9-23/h5-17,25,29H,18H2,1-4H3. The number of methoxy groups -OCH3 is 2. The number of esters is 3. The van der Waals surface area contributed by atoms with Crippen LogP contribution in [0.1, 0.15) is 30.5 Å². The average molecular weight is 572 g/mol. The average Bonchev–Trinajstić information content (AvgIpc) is 2.92. The maximum absolute atomic E-state index is 13.4. The van der Waals surface area contributed by atoms with Gasteiger partial charge in [-0.15, -0.1) is 0 Å². The highest BCUT2D eigenvalue weighted by atomic mass is 32.2. The van der Waals surface area contributed by atoms with E-state index in [2.05, 4.69) is 4.72 Å². The molecule has 0 radical (unpaired) electrons. The largest absolute Gasteiger partial charge is 0.468 e. The third-order valence-electron chi connectivity index (χ3n) is 5.73. The van der Waals surface area contributed by atoms with Gasteiger partial charge in [-0.05, 0) is 48.9 Å². The SMILES string of the molecule is COC(=O)C(CC(NS(=O)(=O)c1ccc(C)cc1)c1ccc(OC(C)=O)cc1)(Sc1ccccc1)C(=O)OC. The Labute approximate surface area is 231 Å². The van der Waals surface area contributed by atoms with Gasteiger partial charge in [0, 0.05) is 24.3 Å². The van der Waals surface area contributed by atoms with Crippen LogP contribution in [0, 0.1) is 6.92 Å². The highest BCUT2D eigenvalue weighted by molar-refractivity contribution is 8.02. The zero-order chi connectivity index (χ0) is 28.6. The predicted molar refractivity (Wildman–Crippen MR) is 146 cm³/mol. The number of hydrogen-bond donors (Lipinski definition) is 1. The fourth-order valence-electron chi connectivity index (χ4n) is 3.82. The van der Waals surface area contributed by atoms with Crippen LogP contribution in [0.2, 0.25) is 0 Å².